The molecule has 0 spiro atoms. The third-order valence-electron chi connectivity index (χ3n) is 4.75. The van der Waals surface area contributed by atoms with Gasteiger partial charge in [-0.1, -0.05) is 0 Å². The number of methoxy groups -OCH3 is 2. The number of ether oxygens (including phenoxy) is 3. The van der Waals surface area contributed by atoms with Gasteiger partial charge in [0.05, 0.1) is 38.8 Å². The van der Waals surface area contributed by atoms with E-state index in [-0.39, 0.29) is 0 Å². The molecule has 2 aromatic rings. The van der Waals surface area contributed by atoms with Crippen LogP contribution in [0.5, 0.6) is 17.2 Å². The Labute approximate surface area is 184 Å². The number of hydrogen-bond acceptors (Lipinski definition) is 6. The summed E-state index contributed by atoms with van der Waals surface area (Å²) in [5.41, 5.74) is 1.09. The van der Waals surface area contributed by atoms with Crippen LogP contribution >= 0.6 is 0 Å². The number of carbonyl (C=O) groups is 1. The molecule has 2 rings (SSSR count). The van der Waals surface area contributed by atoms with E-state index in [0.717, 1.165) is 16.1 Å². The Balaban J connectivity index is 2.28. The molecule has 0 saturated heterocycles. The molecule has 0 aliphatic carbocycles. The quantitative estimate of drug-likeness (QED) is 0.598. The highest BCUT2D eigenvalue weighted by Crippen LogP contribution is 2.30. The molecule has 0 radical (unpaired) electrons. The van der Waals surface area contributed by atoms with Gasteiger partial charge in [0.25, 0.3) is 0 Å². The number of sulfonamides is 1. The fourth-order valence-corrected chi connectivity index (χ4v) is 4.43. The minimum absolute atomic E-state index is 0.375. The number of rotatable bonds is 10. The van der Waals surface area contributed by atoms with Gasteiger partial charge < -0.3 is 19.5 Å². The third-order valence-corrected chi connectivity index (χ3v) is 5.99. The van der Waals surface area contributed by atoms with Gasteiger partial charge in [0.1, 0.15) is 23.3 Å². The highest BCUT2D eigenvalue weighted by molar-refractivity contribution is 7.92. The van der Waals surface area contributed by atoms with Crippen LogP contribution in [0.2, 0.25) is 0 Å². The molecule has 1 amide bonds. The van der Waals surface area contributed by atoms with Crippen LogP contribution in [0.4, 0.5) is 5.69 Å². The average Bonchev–Trinajstić information content (AvgIpc) is 2.73. The number of amides is 1. The summed E-state index contributed by atoms with van der Waals surface area (Å²) in [6.45, 7) is 5.70. The van der Waals surface area contributed by atoms with Gasteiger partial charge in [-0.3, -0.25) is 9.10 Å². The second kappa shape index (κ2) is 10.4. The highest BCUT2D eigenvalue weighted by atomic mass is 32.2. The van der Waals surface area contributed by atoms with Crippen LogP contribution in [0, 0.1) is 0 Å². The predicted octanol–water partition coefficient (Wildman–Crippen LogP) is 3.13. The van der Waals surface area contributed by atoms with Gasteiger partial charge >= 0.3 is 0 Å². The summed E-state index contributed by atoms with van der Waals surface area (Å²) in [5.74, 6) is 1.39. The maximum atomic E-state index is 13.0. The number of hydrogen-bond donors (Lipinski definition) is 1. The standard InChI is InChI=1S/C22H30N2O6S/c1-7-30-18-10-8-17(9-11-18)24(31(6,26)27)16(3)22(25)23-15(2)20-14-19(28-4)12-13-21(20)29-5/h8-16H,7H2,1-6H3,(H,23,25)/t15-,16-/m0/s1. The van der Waals surface area contributed by atoms with Crippen molar-refractivity contribution in [3.63, 3.8) is 0 Å². The van der Waals surface area contributed by atoms with E-state index in [2.05, 4.69) is 5.32 Å². The molecule has 8 nitrogen and oxygen atoms in total. The van der Waals surface area contributed by atoms with Crippen LogP contribution in [0.15, 0.2) is 42.5 Å². The molecular weight excluding hydrogens is 420 g/mol. The lowest BCUT2D eigenvalue weighted by Gasteiger charge is -2.29. The molecule has 0 bridgehead atoms. The fraction of sp³-hybridized carbons (Fsp3) is 0.409. The minimum Gasteiger partial charge on any atom is -0.497 e. The Hall–Kier alpha value is -2.94. The third kappa shape index (κ3) is 6.04. The van der Waals surface area contributed by atoms with Gasteiger partial charge in [0, 0.05) is 5.56 Å². The van der Waals surface area contributed by atoms with E-state index in [1.165, 1.54) is 0 Å². The molecule has 0 fully saturated rings. The zero-order valence-electron chi connectivity index (χ0n) is 18.7. The Morgan fingerprint density at radius 2 is 1.65 bits per heavy atom. The average molecular weight is 451 g/mol. The molecule has 2 aromatic carbocycles. The second-order valence-electron chi connectivity index (χ2n) is 7.00. The van der Waals surface area contributed by atoms with E-state index >= 15 is 0 Å². The Bertz CT molecular complexity index is 992. The summed E-state index contributed by atoms with van der Waals surface area (Å²) in [7, 11) is -0.630. The van der Waals surface area contributed by atoms with Crippen molar-refractivity contribution in [2.45, 2.75) is 32.9 Å². The summed E-state index contributed by atoms with van der Waals surface area (Å²) in [4.78, 5) is 13.0. The van der Waals surface area contributed by atoms with Crippen molar-refractivity contribution < 1.29 is 27.4 Å². The van der Waals surface area contributed by atoms with Crippen molar-refractivity contribution in [3.8, 4) is 17.2 Å². The lowest BCUT2D eigenvalue weighted by molar-refractivity contribution is -0.122. The first kappa shape index (κ1) is 24.3. The van der Waals surface area contributed by atoms with Crippen molar-refractivity contribution >= 4 is 21.6 Å². The number of nitrogens with zero attached hydrogens (tertiary/aromatic N) is 1. The molecule has 0 saturated carbocycles. The van der Waals surface area contributed by atoms with Gasteiger partial charge in [0.15, 0.2) is 0 Å². The second-order valence-corrected chi connectivity index (χ2v) is 8.86. The SMILES string of the molecule is CCOc1ccc(N([C@@H](C)C(=O)N[C@@H](C)c2cc(OC)ccc2OC)S(C)(=O)=O)cc1. The Kier molecular flexibility index (Phi) is 8.15. The van der Waals surface area contributed by atoms with Crippen LogP contribution < -0.4 is 23.8 Å². The van der Waals surface area contributed by atoms with Gasteiger partial charge in [-0.2, -0.15) is 0 Å². The van der Waals surface area contributed by atoms with E-state index < -0.39 is 28.0 Å². The summed E-state index contributed by atoms with van der Waals surface area (Å²) in [5, 5.41) is 2.87. The summed E-state index contributed by atoms with van der Waals surface area (Å²) in [6.07, 6.45) is 1.07. The maximum absolute atomic E-state index is 13.0. The van der Waals surface area contributed by atoms with Gasteiger partial charge in [-0.15, -0.1) is 0 Å². The largest absolute Gasteiger partial charge is 0.497 e. The maximum Gasteiger partial charge on any atom is 0.244 e. The summed E-state index contributed by atoms with van der Waals surface area (Å²) < 4.78 is 42.2. The van der Waals surface area contributed by atoms with Crippen molar-refractivity contribution in [1.29, 1.82) is 0 Å². The van der Waals surface area contributed by atoms with Gasteiger partial charge in [-0.25, -0.2) is 8.42 Å². The summed E-state index contributed by atoms with van der Waals surface area (Å²) in [6, 6.07) is 10.4. The van der Waals surface area contributed by atoms with E-state index in [1.807, 2.05) is 6.92 Å². The molecule has 0 aliphatic rings. The van der Waals surface area contributed by atoms with E-state index in [9.17, 15) is 13.2 Å². The molecule has 0 unspecified atom stereocenters. The number of nitrogens with one attached hydrogen (secondary N) is 1. The first-order valence-electron chi connectivity index (χ1n) is 9.86. The zero-order chi connectivity index (χ0) is 23.2. The van der Waals surface area contributed by atoms with E-state index in [1.54, 1.807) is 70.5 Å². The topological polar surface area (TPSA) is 94.2 Å². The number of benzene rings is 2. The number of carbonyl (C=O) groups excluding carboxylic acids is 1. The molecular formula is C22H30N2O6S. The predicted molar refractivity (Wildman–Crippen MR) is 120 cm³/mol. The first-order chi connectivity index (χ1) is 14.6. The van der Waals surface area contributed by atoms with Crippen LogP contribution in [0.25, 0.3) is 0 Å². The Morgan fingerprint density at radius 3 is 2.16 bits per heavy atom. The Morgan fingerprint density at radius 1 is 1.03 bits per heavy atom. The molecule has 0 aromatic heterocycles. The van der Waals surface area contributed by atoms with Crippen LogP contribution in [-0.4, -0.2) is 47.4 Å². The van der Waals surface area contributed by atoms with E-state index in [0.29, 0.717) is 29.5 Å². The van der Waals surface area contributed by atoms with Gasteiger partial charge in [0.2, 0.25) is 15.9 Å². The van der Waals surface area contributed by atoms with Gasteiger partial charge in [-0.05, 0) is 63.2 Å². The van der Waals surface area contributed by atoms with Crippen LogP contribution in [-0.2, 0) is 14.8 Å². The lowest BCUT2D eigenvalue weighted by atomic mass is 10.1. The minimum atomic E-state index is -3.72. The smallest absolute Gasteiger partial charge is 0.244 e. The molecule has 0 heterocycles. The zero-order valence-corrected chi connectivity index (χ0v) is 19.5. The monoisotopic (exact) mass is 450 g/mol. The molecule has 1 N–H and O–H groups in total. The van der Waals surface area contributed by atoms with Crippen LogP contribution in [0.3, 0.4) is 0 Å². The molecule has 9 heteroatoms. The number of anilines is 1. The highest BCUT2D eigenvalue weighted by Gasteiger charge is 2.30. The molecule has 31 heavy (non-hydrogen) atoms. The first-order valence-corrected chi connectivity index (χ1v) is 11.7. The van der Waals surface area contributed by atoms with Crippen molar-refractivity contribution in [1.82, 2.24) is 5.32 Å². The van der Waals surface area contributed by atoms with E-state index in [4.69, 9.17) is 14.2 Å². The van der Waals surface area contributed by atoms with Crippen molar-refractivity contribution in [2.75, 3.05) is 31.4 Å². The summed E-state index contributed by atoms with van der Waals surface area (Å²) >= 11 is 0. The normalized spacial score (nSPS) is 13.1. The molecule has 0 aliphatic heterocycles. The molecule has 170 valence electrons. The molecule has 2 atom stereocenters. The fourth-order valence-electron chi connectivity index (χ4n) is 3.25. The van der Waals surface area contributed by atoms with Crippen molar-refractivity contribution in [2.24, 2.45) is 0 Å². The lowest BCUT2D eigenvalue weighted by Crippen LogP contribution is -2.48. The van der Waals surface area contributed by atoms with Crippen LogP contribution in [0.1, 0.15) is 32.4 Å². The van der Waals surface area contributed by atoms with Crippen molar-refractivity contribution in [3.05, 3.63) is 48.0 Å².